The van der Waals surface area contributed by atoms with E-state index in [1.807, 2.05) is 36.4 Å². The second kappa shape index (κ2) is 7.04. The van der Waals surface area contributed by atoms with Gasteiger partial charge in [0.15, 0.2) is 0 Å². The molecule has 0 amide bonds. The Kier molecular flexibility index (Phi) is 4.26. The van der Waals surface area contributed by atoms with E-state index in [0.717, 1.165) is 54.0 Å². The third-order valence-corrected chi connectivity index (χ3v) is 6.63. The molecule has 1 aliphatic heterocycles. The van der Waals surface area contributed by atoms with Crippen LogP contribution >= 0.6 is 31.9 Å². The zero-order chi connectivity index (χ0) is 21.0. The van der Waals surface area contributed by atoms with Crippen LogP contribution in [0.3, 0.4) is 0 Å². The average molecular weight is 530 g/mol. The highest BCUT2D eigenvalue weighted by Gasteiger charge is 2.50. The minimum atomic E-state index is -0.974. The number of nitrogens with zero attached hydrogens (tertiary/aromatic N) is 4. The van der Waals surface area contributed by atoms with Crippen molar-refractivity contribution in [2.75, 3.05) is 0 Å². The lowest BCUT2D eigenvalue weighted by Gasteiger charge is -2.17. The molecule has 0 saturated heterocycles. The molecule has 0 radical (unpaired) electrons. The molecule has 4 nitrogen and oxygen atoms in total. The standard InChI is InChI=1S/C25H14Br2N4/c26-17-9-5-15(6-10-17)21-22(16-7-11-18(27)12-8-16)31-25(30-21)23-19(3-1-13-28-23)20-4-2-14-29-24(20)25/h1-14H. The van der Waals surface area contributed by atoms with E-state index in [1.54, 1.807) is 12.4 Å². The highest BCUT2D eigenvalue weighted by Crippen LogP contribution is 2.51. The number of fused-ring (bicyclic) bond motifs is 5. The van der Waals surface area contributed by atoms with Crippen LogP contribution in [0.4, 0.5) is 0 Å². The maximum absolute atomic E-state index is 5.24. The monoisotopic (exact) mass is 528 g/mol. The number of pyridine rings is 2. The fourth-order valence-electron chi connectivity index (χ4n) is 4.20. The molecule has 1 spiro atoms. The lowest BCUT2D eigenvalue weighted by molar-refractivity contribution is 0.568. The second-order valence-corrected chi connectivity index (χ2v) is 9.24. The lowest BCUT2D eigenvalue weighted by atomic mass is 10.0. The Labute approximate surface area is 196 Å². The summed E-state index contributed by atoms with van der Waals surface area (Å²) in [6, 6.07) is 24.4. The molecule has 0 saturated carbocycles. The SMILES string of the molecule is Brc1ccc(C2=NC3(N=C2c2ccc(Br)cc2)c2ncccc2-c2cccnc23)cc1. The molecule has 4 aromatic rings. The van der Waals surface area contributed by atoms with Crippen LogP contribution < -0.4 is 0 Å². The number of halogens is 2. The highest BCUT2D eigenvalue weighted by atomic mass is 79.9. The van der Waals surface area contributed by atoms with Crippen molar-refractivity contribution in [3.05, 3.63) is 117 Å². The van der Waals surface area contributed by atoms with Crippen molar-refractivity contribution >= 4 is 43.3 Å². The molecule has 0 fully saturated rings. The van der Waals surface area contributed by atoms with Gasteiger partial charge in [-0.3, -0.25) is 9.97 Å². The predicted octanol–water partition coefficient (Wildman–Crippen LogP) is 6.18. The van der Waals surface area contributed by atoms with Crippen molar-refractivity contribution in [2.45, 2.75) is 5.66 Å². The first kappa shape index (κ1) is 18.8. The zero-order valence-corrected chi connectivity index (χ0v) is 19.3. The van der Waals surface area contributed by atoms with E-state index in [4.69, 9.17) is 20.0 Å². The summed E-state index contributed by atoms with van der Waals surface area (Å²) in [5.41, 5.74) is 6.42. The molecule has 3 heterocycles. The van der Waals surface area contributed by atoms with E-state index in [2.05, 4.69) is 68.3 Å². The molecule has 0 N–H and O–H groups in total. The molecule has 0 bridgehead atoms. The van der Waals surface area contributed by atoms with Crippen LogP contribution in [0.5, 0.6) is 0 Å². The van der Waals surface area contributed by atoms with Crippen LogP contribution in [-0.2, 0) is 5.66 Å². The summed E-state index contributed by atoms with van der Waals surface area (Å²) >= 11 is 7.06. The molecule has 2 aliphatic rings. The van der Waals surface area contributed by atoms with Crippen LogP contribution in [0.15, 0.2) is 104 Å². The van der Waals surface area contributed by atoms with Crippen LogP contribution in [0.25, 0.3) is 11.1 Å². The van der Waals surface area contributed by atoms with Gasteiger partial charge in [-0.1, -0.05) is 68.3 Å². The van der Waals surface area contributed by atoms with Crippen LogP contribution in [0.2, 0.25) is 0 Å². The van der Waals surface area contributed by atoms with Crippen molar-refractivity contribution in [3.63, 3.8) is 0 Å². The Morgan fingerprint density at radius 1 is 0.548 bits per heavy atom. The molecule has 6 rings (SSSR count). The largest absolute Gasteiger partial charge is 0.256 e. The molecule has 31 heavy (non-hydrogen) atoms. The van der Waals surface area contributed by atoms with Crippen molar-refractivity contribution < 1.29 is 0 Å². The Balaban J connectivity index is 1.66. The van der Waals surface area contributed by atoms with E-state index in [9.17, 15) is 0 Å². The second-order valence-electron chi connectivity index (χ2n) is 7.41. The minimum absolute atomic E-state index is 0.824. The van der Waals surface area contributed by atoms with Gasteiger partial charge in [-0.2, -0.15) is 0 Å². The summed E-state index contributed by atoms with van der Waals surface area (Å²) < 4.78 is 2.04. The van der Waals surface area contributed by atoms with E-state index in [1.165, 1.54) is 0 Å². The topological polar surface area (TPSA) is 50.5 Å². The maximum atomic E-state index is 5.24. The van der Waals surface area contributed by atoms with Crippen molar-refractivity contribution in [3.8, 4) is 11.1 Å². The molecular formula is C25H14Br2N4. The van der Waals surface area contributed by atoms with Gasteiger partial charge in [-0.15, -0.1) is 0 Å². The number of aliphatic imine (C=N–C) groups is 2. The van der Waals surface area contributed by atoms with Gasteiger partial charge in [0, 0.05) is 43.6 Å². The third-order valence-electron chi connectivity index (χ3n) is 5.57. The number of benzene rings is 2. The number of aromatic nitrogens is 2. The first-order valence-corrected chi connectivity index (χ1v) is 11.4. The normalized spacial score (nSPS) is 15.4. The molecule has 1 aliphatic carbocycles. The predicted molar refractivity (Wildman–Crippen MR) is 130 cm³/mol. The Bertz CT molecular complexity index is 1280. The Morgan fingerprint density at radius 2 is 0.968 bits per heavy atom. The van der Waals surface area contributed by atoms with E-state index >= 15 is 0 Å². The van der Waals surface area contributed by atoms with Gasteiger partial charge in [0.25, 0.3) is 0 Å². The van der Waals surface area contributed by atoms with Crippen LogP contribution in [0, 0.1) is 0 Å². The molecule has 148 valence electrons. The van der Waals surface area contributed by atoms with E-state index in [-0.39, 0.29) is 0 Å². The maximum Gasteiger partial charge on any atom is 0.237 e. The summed E-state index contributed by atoms with van der Waals surface area (Å²) in [5.74, 6) is 0. The quantitative estimate of drug-likeness (QED) is 0.311. The van der Waals surface area contributed by atoms with Crippen LogP contribution in [0.1, 0.15) is 22.5 Å². The van der Waals surface area contributed by atoms with Gasteiger partial charge in [0.05, 0.1) is 11.4 Å². The molecule has 2 aromatic heterocycles. The van der Waals surface area contributed by atoms with Gasteiger partial charge >= 0.3 is 0 Å². The molecule has 2 aromatic carbocycles. The van der Waals surface area contributed by atoms with Gasteiger partial charge in [-0.25, -0.2) is 9.98 Å². The van der Waals surface area contributed by atoms with Crippen LogP contribution in [-0.4, -0.2) is 21.4 Å². The summed E-state index contributed by atoms with van der Waals surface area (Å²) in [4.78, 5) is 19.9. The third kappa shape index (κ3) is 2.86. The Morgan fingerprint density at radius 3 is 1.39 bits per heavy atom. The van der Waals surface area contributed by atoms with Gasteiger partial charge in [0.2, 0.25) is 5.66 Å². The van der Waals surface area contributed by atoms with Gasteiger partial charge in [-0.05, 0) is 36.4 Å². The van der Waals surface area contributed by atoms with Crippen molar-refractivity contribution in [1.29, 1.82) is 0 Å². The zero-order valence-electron chi connectivity index (χ0n) is 16.1. The molecule has 6 heteroatoms. The first-order chi connectivity index (χ1) is 15.2. The van der Waals surface area contributed by atoms with Crippen molar-refractivity contribution in [1.82, 2.24) is 9.97 Å². The fourth-order valence-corrected chi connectivity index (χ4v) is 4.73. The van der Waals surface area contributed by atoms with E-state index < -0.39 is 5.66 Å². The first-order valence-electron chi connectivity index (χ1n) is 9.79. The summed E-state index contributed by atoms with van der Waals surface area (Å²) in [7, 11) is 0. The number of rotatable bonds is 2. The summed E-state index contributed by atoms with van der Waals surface area (Å²) in [6.07, 6.45) is 3.60. The van der Waals surface area contributed by atoms with E-state index in [0.29, 0.717) is 0 Å². The molecule has 0 unspecified atom stereocenters. The molecular weight excluding hydrogens is 516 g/mol. The molecule has 0 atom stereocenters. The minimum Gasteiger partial charge on any atom is -0.256 e. The highest BCUT2D eigenvalue weighted by molar-refractivity contribution is 9.10. The van der Waals surface area contributed by atoms with Gasteiger partial charge in [0.1, 0.15) is 11.4 Å². The average Bonchev–Trinajstić information content (AvgIpc) is 3.33. The number of hydrogen-bond donors (Lipinski definition) is 0. The smallest absolute Gasteiger partial charge is 0.237 e. The number of hydrogen-bond acceptors (Lipinski definition) is 4. The van der Waals surface area contributed by atoms with Gasteiger partial charge < -0.3 is 0 Å². The fraction of sp³-hybridized carbons (Fsp3) is 0.0400. The lowest BCUT2D eigenvalue weighted by Crippen LogP contribution is -2.20. The van der Waals surface area contributed by atoms with Crippen molar-refractivity contribution in [2.24, 2.45) is 9.98 Å². The summed E-state index contributed by atoms with van der Waals surface area (Å²) in [6.45, 7) is 0. The summed E-state index contributed by atoms with van der Waals surface area (Å²) in [5, 5.41) is 0. The Hall–Kier alpha value is -2.96.